The van der Waals surface area contributed by atoms with Crippen molar-refractivity contribution in [2.75, 3.05) is 6.61 Å². The third-order valence-electron chi connectivity index (χ3n) is 2.98. The van der Waals surface area contributed by atoms with Gasteiger partial charge in [0.2, 0.25) is 0 Å². The SMILES string of the molecule is CC(C)=CCC/C(C)=C/[C@H]1OCC[C@@H]1C. The number of hydrogen-bond donors (Lipinski definition) is 0. The number of ether oxygens (including phenoxy) is 1. The molecular formula is C14H24O. The van der Waals surface area contributed by atoms with Crippen LogP contribution in [0.25, 0.3) is 0 Å². The van der Waals surface area contributed by atoms with Crippen LogP contribution in [-0.2, 0) is 4.74 Å². The van der Waals surface area contributed by atoms with Gasteiger partial charge >= 0.3 is 0 Å². The van der Waals surface area contributed by atoms with E-state index in [2.05, 4.69) is 39.8 Å². The molecule has 15 heavy (non-hydrogen) atoms. The summed E-state index contributed by atoms with van der Waals surface area (Å²) in [7, 11) is 0. The summed E-state index contributed by atoms with van der Waals surface area (Å²) in [6.07, 6.45) is 8.52. The van der Waals surface area contributed by atoms with E-state index in [-0.39, 0.29) is 0 Å². The maximum Gasteiger partial charge on any atom is 0.0784 e. The van der Waals surface area contributed by atoms with Gasteiger partial charge in [-0.25, -0.2) is 0 Å². The topological polar surface area (TPSA) is 9.23 Å². The van der Waals surface area contributed by atoms with Gasteiger partial charge < -0.3 is 4.74 Å². The lowest BCUT2D eigenvalue weighted by Gasteiger charge is -2.11. The largest absolute Gasteiger partial charge is 0.374 e. The first-order chi connectivity index (χ1) is 7.09. The molecule has 1 rings (SSSR count). The third kappa shape index (κ3) is 4.65. The smallest absolute Gasteiger partial charge is 0.0784 e. The van der Waals surface area contributed by atoms with Gasteiger partial charge in [-0.05, 0) is 46.0 Å². The molecule has 0 saturated carbocycles. The van der Waals surface area contributed by atoms with E-state index in [1.165, 1.54) is 17.6 Å². The normalized spacial score (nSPS) is 26.8. The highest BCUT2D eigenvalue weighted by molar-refractivity contribution is 5.06. The Morgan fingerprint density at radius 2 is 2.07 bits per heavy atom. The molecule has 2 atom stereocenters. The average molecular weight is 208 g/mol. The zero-order valence-corrected chi connectivity index (χ0v) is 10.5. The summed E-state index contributed by atoms with van der Waals surface area (Å²) < 4.78 is 5.67. The molecule has 1 saturated heterocycles. The first-order valence-electron chi connectivity index (χ1n) is 6.02. The van der Waals surface area contributed by atoms with E-state index in [4.69, 9.17) is 4.74 Å². The second kappa shape index (κ2) is 6.12. The van der Waals surface area contributed by atoms with Gasteiger partial charge in [0, 0.05) is 6.61 Å². The quantitative estimate of drug-likeness (QED) is 0.632. The number of rotatable bonds is 4. The molecule has 1 aliphatic heterocycles. The molecule has 1 nitrogen and oxygen atoms in total. The maximum atomic E-state index is 5.67. The Morgan fingerprint density at radius 1 is 1.33 bits per heavy atom. The molecule has 1 heterocycles. The summed E-state index contributed by atoms with van der Waals surface area (Å²) in [5.74, 6) is 0.698. The van der Waals surface area contributed by atoms with Crippen molar-refractivity contribution in [3.05, 3.63) is 23.3 Å². The highest BCUT2D eigenvalue weighted by Crippen LogP contribution is 2.23. The fourth-order valence-corrected chi connectivity index (χ4v) is 1.88. The van der Waals surface area contributed by atoms with Crippen LogP contribution in [0.4, 0.5) is 0 Å². The van der Waals surface area contributed by atoms with Crippen molar-refractivity contribution in [3.8, 4) is 0 Å². The predicted molar refractivity (Wildman–Crippen MR) is 65.9 cm³/mol. The van der Waals surface area contributed by atoms with E-state index < -0.39 is 0 Å². The molecule has 86 valence electrons. The molecule has 0 aromatic heterocycles. The zero-order chi connectivity index (χ0) is 11.3. The summed E-state index contributed by atoms with van der Waals surface area (Å²) in [5.41, 5.74) is 2.87. The van der Waals surface area contributed by atoms with Crippen molar-refractivity contribution >= 4 is 0 Å². The molecule has 0 amide bonds. The van der Waals surface area contributed by atoms with Crippen LogP contribution in [0, 0.1) is 5.92 Å². The molecular weight excluding hydrogens is 184 g/mol. The Morgan fingerprint density at radius 3 is 2.60 bits per heavy atom. The molecule has 1 fully saturated rings. The first kappa shape index (κ1) is 12.5. The minimum absolute atomic E-state index is 0.372. The fraction of sp³-hybridized carbons (Fsp3) is 0.714. The van der Waals surface area contributed by atoms with E-state index in [0.29, 0.717) is 12.0 Å². The van der Waals surface area contributed by atoms with E-state index in [0.717, 1.165) is 19.4 Å². The Kier molecular flexibility index (Phi) is 5.10. The van der Waals surface area contributed by atoms with E-state index in [9.17, 15) is 0 Å². The van der Waals surface area contributed by atoms with Crippen LogP contribution in [0.3, 0.4) is 0 Å². The van der Waals surface area contributed by atoms with Crippen LogP contribution < -0.4 is 0 Å². The molecule has 0 radical (unpaired) electrons. The molecule has 0 spiro atoms. The van der Waals surface area contributed by atoms with Crippen LogP contribution in [0.2, 0.25) is 0 Å². The van der Waals surface area contributed by atoms with Crippen LogP contribution >= 0.6 is 0 Å². The molecule has 0 N–H and O–H groups in total. The van der Waals surface area contributed by atoms with Crippen LogP contribution in [0.5, 0.6) is 0 Å². The summed E-state index contributed by atoms with van der Waals surface area (Å²) in [4.78, 5) is 0. The van der Waals surface area contributed by atoms with Gasteiger partial charge in [0.25, 0.3) is 0 Å². The average Bonchev–Trinajstić information content (AvgIpc) is 2.51. The van der Waals surface area contributed by atoms with E-state index in [1.54, 1.807) is 0 Å². The van der Waals surface area contributed by atoms with E-state index in [1.807, 2.05) is 0 Å². The lowest BCUT2D eigenvalue weighted by atomic mass is 10.0. The molecule has 1 aliphatic rings. The molecule has 0 aromatic rings. The van der Waals surface area contributed by atoms with Gasteiger partial charge in [-0.3, -0.25) is 0 Å². The second-order valence-corrected chi connectivity index (χ2v) is 4.93. The van der Waals surface area contributed by atoms with Crippen LogP contribution in [-0.4, -0.2) is 12.7 Å². The molecule has 0 bridgehead atoms. The van der Waals surface area contributed by atoms with Crippen molar-refractivity contribution < 1.29 is 4.74 Å². The lowest BCUT2D eigenvalue weighted by molar-refractivity contribution is 0.130. The van der Waals surface area contributed by atoms with Crippen LogP contribution in [0.15, 0.2) is 23.3 Å². The third-order valence-corrected chi connectivity index (χ3v) is 2.98. The molecule has 0 aliphatic carbocycles. The molecule has 1 heteroatoms. The molecule has 0 unspecified atom stereocenters. The first-order valence-corrected chi connectivity index (χ1v) is 6.02. The van der Waals surface area contributed by atoms with Crippen LogP contribution in [0.1, 0.15) is 47.0 Å². The van der Waals surface area contributed by atoms with Gasteiger partial charge in [0.1, 0.15) is 0 Å². The van der Waals surface area contributed by atoms with Crippen molar-refractivity contribution in [3.63, 3.8) is 0 Å². The van der Waals surface area contributed by atoms with E-state index >= 15 is 0 Å². The standard InChI is InChI=1S/C14H24O/c1-11(2)6-5-7-12(3)10-14-13(4)8-9-15-14/h6,10,13-14H,5,7-9H2,1-4H3/b12-10+/t13-,14+/m0/s1. The minimum atomic E-state index is 0.372. The predicted octanol–water partition coefficient (Wildman–Crippen LogP) is 4.10. The van der Waals surface area contributed by atoms with Gasteiger partial charge in [-0.2, -0.15) is 0 Å². The van der Waals surface area contributed by atoms with Crippen molar-refractivity contribution in [2.24, 2.45) is 5.92 Å². The fourth-order valence-electron chi connectivity index (χ4n) is 1.88. The Hall–Kier alpha value is -0.560. The summed E-state index contributed by atoms with van der Waals surface area (Å²) in [5, 5.41) is 0. The van der Waals surface area contributed by atoms with Crippen molar-refractivity contribution in [1.82, 2.24) is 0 Å². The maximum absolute atomic E-state index is 5.67. The zero-order valence-electron chi connectivity index (χ0n) is 10.5. The van der Waals surface area contributed by atoms with Crippen molar-refractivity contribution in [2.45, 2.75) is 53.1 Å². The molecule has 0 aromatic carbocycles. The van der Waals surface area contributed by atoms with Crippen molar-refractivity contribution in [1.29, 1.82) is 0 Å². The number of allylic oxidation sites excluding steroid dienone is 3. The Labute approximate surface area is 94.2 Å². The van der Waals surface area contributed by atoms with Gasteiger partial charge in [0.05, 0.1) is 6.10 Å². The minimum Gasteiger partial charge on any atom is -0.374 e. The highest BCUT2D eigenvalue weighted by Gasteiger charge is 2.21. The highest BCUT2D eigenvalue weighted by atomic mass is 16.5. The van der Waals surface area contributed by atoms with Gasteiger partial charge in [0.15, 0.2) is 0 Å². The lowest BCUT2D eigenvalue weighted by Crippen LogP contribution is -2.09. The summed E-state index contributed by atoms with van der Waals surface area (Å²) in [6.45, 7) is 9.73. The van der Waals surface area contributed by atoms with Gasteiger partial charge in [-0.15, -0.1) is 0 Å². The summed E-state index contributed by atoms with van der Waals surface area (Å²) in [6, 6.07) is 0. The Balaban J connectivity index is 2.35. The second-order valence-electron chi connectivity index (χ2n) is 4.93. The Bertz CT molecular complexity index is 246. The number of hydrogen-bond acceptors (Lipinski definition) is 1. The van der Waals surface area contributed by atoms with Gasteiger partial charge in [-0.1, -0.05) is 30.2 Å². The monoisotopic (exact) mass is 208 g/mol. The summed E-state index contributed by atoms with van der Waals surface area (Å²) >= 11 is 0.